The van der Waals surface area contributed by atoms with Gasteiger partial charge in [0.05, 0.1) is 0 Å². The number of aliphatic hydroxyl groups is 2. The predicted molar refractivity (Wildman–Crippen MR) is 96.4 cm³/mol. The van der Waals surface area contributed by atoms with Crippen molar-refractivity contribution in [2.24, 2.45) is 0 Å². The van der Waals surface area contributed by atoms with E-state index in [1.54, 1.807) is 0 Å². The van der Waals surface area contributed by atoms with E-state index in [4.69, 9.17) is 25.2 Å². The van der Waals surface area contributed by atoms with Crippen molar-refractivity contribution >= 4 is 29.3 Å². The fourth-order valence-corrected chi connectivity index (χ4v) is 5.39. The average Bonchev–Trinajstić information content (AvgIpc) is 2.85. The monoisotopic (exact) mass is 507 g/mol. The quantitative estimate of drug-likeness (QED) is 0.119. The lowest BCUT2D eigenvalue weighted by Crippen LogP contribution is -2.35. The summed E-state index contributed by atoms with van der Waals surface area (Å²) in [6.45, 7) is 3.10. The van der Waals surface area contributed by atoms with E-state index in [0.717, 1.165) is 10.8 Å². The van der Waals surface area contributed by atoms with Gasteiger partial charge in [-0.15, -0.1) is 0 Å². The van der Waals surface area contributed by atoms with E-state index in [9.17, 15) is 33.6 Å². The number of nitrogens with zero attached hydrogens (tertiary/aromatic N) is 2. The van der Waals surface area contributed by atoms with Gasteiger partial charge < -0.3 is 39.9 Å². The molecule has 31 heavy (non-hydrogen) atoms. The summed E-state index contributed by atoms with van der Waals surface area (Å²) in [6.07, 6.45) is -6.06. The zero-order valence-corrected chi connectivity index (χ0v) is 17.6. The number of rotatable bonds is 8. The second-order valence-corrected chi connectivity index (χ2v) is 10.0. The van der Waals surface area contributed by atoms with E-state index in [-0.39, 0.29) is 5.82 Å². The number of hydrogen-bond acceptors (Lipinski definition) is 12. The highest BCUT2D eigenvalue weighted by atomic mass is 31.3. The number of aromatic nitrogens is 2. The molecule has 0 radical (unpaired) electrons. The van der Waals surface area contributed by atoms with E-state index in [1.165, 1.54) is 6.07 Å². The van der Waals surface area contributed by atoms with Crippen LogP contribution < -0.4 is 11.4 Å². The first-order chi connectivity index (χ1) is 14.1. The highest BCUT2D eigenvalue weighted by molar-refractivity contribution is 7.66. The number of nitrogens with two attached hydrogens (primary N) is 1. The molecule has 1 fully saturated rings. The van der Waals surface area contributed by atoms with E-state index >= 15 is 0 Å². The molecule has 1 aliphatic heterocycles. The van der Waals surface area contributed by atoms with Gasteiger partial charge in [0.1, 0.15) is 18.0 Å². The Balaban J connectivity index is 2.23. The third-order valence-electron chi connectivity index (χ3n) is 3.43. The summed E-state index contributed by atoms with van der Waals surface area (Å²) in [6, 6.07) is 1.17. The fourth-order valence-electron chi connectivity index (χ4n) is 2.33. The van der Waals surface area contributed by atoms with Crippen LogP contribution in [0.5, 0.6) is 0 Å². The summed E-state index contributed by atoms with van der Waals surface area (Å²) in [7, 11) is -17.1. The molecule has 8 N–H and O–H groups in total. The Morgan fingerprint density at radius 2 is 1.77 bits per heavy atom. The molecule has 0 amide bonds. The summed E-state index contributed by atoms with van der Waals surface area (Å²) in [5.41, 5.74) is 6.30. The Morgan fingerprint density at radius 3 is 2.29 bits per heavy atom. The Hall–Kier alpha value is -1.67. The van der Waals surface area contributed by atoms with Crippen LogP contribution >= 0.6 is 23.5 Å². The second kappa shape index (κ2) is 9.06. The average molecular weight is 507 g/mol. The van der Waals surface area contributed by atoms with Gasteiger partial charge in [0, 0.05) is 6.20 Å². The molecule has 0 saturated carbocycles. The van der Waals surface area contributed by atoms with Gasteiger partial charge in [-0.25, -0.2) is 18.5 Å². The molecule has 0 aliphatic carbocycles. The summed E-state index contributed by atoms with van der Waals surface area (Å²) in [5, 5.41) is 20.3. The van der Waals surface area contributed by atoms with E-state index < -0.39 is 59.5 Å². The van der Waals surface area contributed by atoms with Gasteiger partial charge in [0.2, 0.25) is 0 Å². The number of aliphatic hydroxyl groups excluding tert-OH is 2. The van der Waals surface area contributed by atoms with Crippen molar-refractivity contribution in [2.45, 2.75) is 24.5 Å². The highest BCUT2D eigenvalue weighted by Crippen LogP contribution is 2.67. The van der Waals surface area contributed by atoms with Crippen LogP contribution in [0.2, 0.25) is 0 Å². The topological polar surface area (TPSA) is 270 Å². The number of nitrogen functional groups attached to an aromatic ring is 1. The van der Waals surface area contributed by atoms with Gasteiger partial charge in [-0.2, -0.15) is 13.6 Å². The lowest BCUT2D eigenvalue weighted by Gasteiger charge is -2.21. The van der Waals surface area contributed by atoms with Crippen LogP contribution in [0.15, 0.2) is 35.1 Å². The number of anilines is 1. The van der Waals surface area contributed by atoms with Crippen molar-refractivity contribution in [3.05, 3.63) is 40.8 Å². The van der Waals surface area contributed by atoms with Crippen LogP contribution in [0.4, 0.5) is 5.82 Å². The lowest BCUT2D eigenvalue weighted by atomic mass is 10.1. The molecule has 17 nitrogen and oxygen atoms in total. The molecule has 2 heterocycles. The largest absolute Gasteiger partial charge is 0.536 e. The third-order valence-corrected chi connectivity index (χ3v) is 7.18. The first-order valence-electron chi connectivity index (χ1n) is 7.65. The van der Waals surface area contributed by atoms with Crippen LogP contribution in [0, 0.1) is 0 Å². The minimum Gasteiger partial charge on any atom is -0.397 e. The van der Waals surface area contributed by atoms with E-state index in [1.807, 2.05) is 5.73 Å². The molecule has 0 aromatic carbocycles. The predicted octanol–water partition coefficient (Wildman–Crippen LogP) is -1.54. The zero-order chi connectivity index (χ0) is 23.8. The molecule has 0 bridgehead atoms. The van der Waals surface area contributed by atoms with Gasteiger partial charge in [-0.3, -0.25) is 9.46 Å². The van der Waals surface area contributed by atoms with Gasteiger partial charge in [-0.05, 0) is 6.07 Å². The molecule has 2 unspecified atom stereocenters. The number of ether oxygens (including phenoxy) is 1. The summed E-state index contributed by atoms with van der Waals surface area (Å²) >= 11 is 0. The maximum Gasteiger partial charge on any atom is 0.536 e. The molecule has 6 atom stereocenters. The van der Waals surface area contributed by atoms with E-state index in [0.29, 0.717) is 0 Å². The number of hydrogen-bond donors (Lipinski definition) is 7. The summed E-state index contributed by atoms with van der Waals surface area (Å²) in [4.78, 5) is 51.1. The van der Waals surface area contributed by atoms with Crippen molar-refractivity contribution in [2.75, 3.05) is 5.73 Å². The Kier molecular flexibility index (Phi) is 7.48. The Morgan fingerprint density at radius 1 is 1.16 bits per heavy atom. The normalized spacial score (nSPS) is 27.7. The van der Waals surface area contributed by atoms with Gasteiger partial charge in [0.25, 0.3) is 0 Å². The SMILES string of the molecule is C=C=C(OP(=O)(O)OP(=O)(O)OP(=O)(O)O)[C@H]1O[C@@H](n2ccc(N)nc2=O)[C@H](O)[C@@H]1O. The standard InChI is InChI=1S/C11H16N3O14P3/c1-2-5(26-30(21,22)28-31(23,24)27-29(18,19)20)9-7(15)8(16)10(25-9)14-4-3-6(12)13-11(14)17/h3-4,7-10,15-16H,1H2,(H,21,22)(H,23,24)(H2,12,13,17)(H2,18,19,20)/t7-,8+,9+,10+/m0/s1. The summed E-state index contributed by atoms with van der Waals surface area (Å²) < 4.78 is 51.5. The van der Waals surface area contributed by atoms with E-state index in [2.05, 4.69) is 24.7 Å². The lowest BCUT2D eigenvalue weighted by molar-refractivity contribution is -0.0385. The first-order valence-corrected chi connectivity index (χ1v) is 12.2. The molecule has 1 aliphatic rings. The highest BCUT2D eigenvalue weighted by Gasteiger charge is 2.49. The smallest absolute Gasteiger partial charge is 0.397 e. The van der Waals surface area contributed by atoms with Crippen LogP contribution in [0.3, 0.4) is 0 Å². The zero-order valence-electron chi connectivity index (χ0n) is 14.9. The van der Waals surface area contributed by atoms with Crippen molar-refractivity contribution in [1.82, 2.24) is 9.55 Å². The van der Waals surface area contributed by atoms with Crippen LogP contribution in [-0.2, 0) is 31.6 Å². The van der Waals surface area contributed by atoms with Crippen molar-refractivity contribution in [3.8, 4) is 0 Å². The first kappa shape index (κ1) is 25.6. The molecule has 2 rings (SSSR count). The molecule has 1 saturated heterocycles. The van der Waals surface area contributed by atoms with Gasteiger partial charge in [0.15, 0.2) is 18.1 Å². The van der Waals surface area contributed by atoms with Crippen molar-refractivity contribution in [3.63, 3.8) is 0 Å². The third kappa shape index (κ3) is 6.65. The van der Waals surface area contributed by atoms with Crippen molar-refractivity contribution < 1.29 is 61.4 Å². The van der Waals surface area contributed by atoms with Crippen LogP contribution in [0.25, 0.3) is 0 Å². The van der Waals surface area contributed by atoms with Gasteiger partial charge in [-0.1, -0.05) is 12.3 Å². The minimum atomic E-state index is -5.81. The van der Waals surface area contributed by atoms with Crippen LogP contribution in [0.1, 0.15) is 6.23 Å². The Labute approximate surface area is 172 Å². The maximum atomic E-state index is 12.0. The second-order valence-electron chi connectivity index (χ2n) is 5.69. The van der Waals surface area contributed by atoms with Crippen molar-refractivity contribution in [1.29, 1.82) is 0 Å². The molecule has 1 aromatic heterocycles. The number of phosphoric ester groups is 1. The fraction of sp³-hybridized carbons (Fsp3) is 0.364. The molecule has 0 spiro atoms. The molecule has 20 heteroatoms. The number of phosphoric acid groups is 3. The maximum absolute atomic E-state index is 12.0. The van der Waals surface area contributed by atoms with Crippen LogP contribution in [-0.4, -0.2) is 57.6 Å². The summed E-state index contributed by atoms with van der Waals surface area (Å²) in [5.74, 6) is -1.09. The molecular weight excluding hydrogens is 491 g/mol. The Bertz CT molecular complexity index is 1090. The molecule has 174 valence electrons. The molecule has 1 aromatic rings. The van der Waals surface area contributed by atoms with Gasteiger partial charge >= 0.3 is 29.2 Å². The molecular formula is C11H16N3O14P3. The minimum absolute atomic E-state index is 0.148.